The van der Waals surface area contributed by atoms with Gasteiger partial charge in [-0.15, -0.1) is 0 Å². The number of hydrogen-bond acceptors (Lipinski definition) is 7. The Bertz CT molecular complexity index is 1080. The van der Waals surface area contributed by atoms with Crippen LogP contribution in [0.4, 0.5) is 0 Å². The van der Waals surface area contributed by atoms with Gasteiger partial charge in [0.15, 0.2) is 5.03 Å². The van der Waals surface area contributed by atoms with Gasteiger partial charge in [-0.25, -0.2) is 13.4 Å². The number of aromatic nitrogens is 2. The maximum atomic E-state index is 13.7. The molecule has 0 radical (unpaired) electrons. The Balaban J connectivity index is 1.87. The summed E-state index contributed by atoms with van der Waals surface area (Å²) in [4.78, 5) is 31.2. The van der Waals surface area contributed by atoms with E-state index in [1.165, 1.54) is 16.8 Å². The van der Waals surface area contributed by atoms with E-state index in [1.807, 2.05) is 30.3 Å². The zero-order valence-electron chi connectivity index (χ0n) is 20.1. The second-order valence-corrected chi connectivity index (χ2v) is 10.1. The van der Waals surface area contributed by atoms with Gasteiger partial charge in [-0.05, 0) is 12.0 Å². The molecule has 2 heterocycles. The Kier molecular flexibility index (Phi) is 9.78. The normalized spacial score (nSPS) is 18.6. The van der Waals surface area contributed by atoms with Crippen LogP contribution < -0.4 is 5.32 Å². The van der Waals surface area contributed by atoms with Gasteiger partial charge in [-0.1, -0.05) is 30.3 Å². The van der Waals surface area contributed by atoms with Crippen molar-refractivity contribution in [3.05, 3.63) is 48.4 Å². The molecule has 3 rings (SSSR count). The van der Waals surface area contributed by atoms with Gasteiger partial charge >= 0.3 is 0 Å². The highest BCUT2D eigenvalue weighted by Gasteiger charge is 2.35. The molecule has 1 saturated heterocycles. The predicted octanol–water partition coefficient (Wildman–Crippen LogP) is 0.554. The summed E-state index contributed by atoms with van der Waals surface area (Å²) in [6, 6.07) is 8.37. The minimum absolute atomic E-state index is 0.0514. The fourth-order valence-corrected chi connectivity index (χ4v) is 5.52. The highest BCUT2D eigenvalue weighted by atomic mass is 32.2. The maximum Gasteiger partial charge on any atom is 0.262 e. The van der Waals surface area contributed by atoms with Gasteiger partial charge in [0.1, 0.15) is 6.61 Å². The van der Waals surface area contributed by atoms with Crippen LogP contribution in [0.15, 0.2) is 47.9 Å². The first-order valence-electron chi connectivity index (χ1n) is 11.5. The number of hydrogen-bond donors (Lipinski definition) is 1. The first kappa shape index (κ1) is 26.8. The fraction of sp³-hybridized carbons (Fsp3) is 0.522. The molecule has 192 valence electrons. The second kappa shape index (κ2) is 12.8. The molecule has 1 atom stereocenters. The van der Waals surface area contributed by atoms with Crippen molar-refractivity contribution in [3.63, 3.8) is 0 Å². The number of benzene rings is 1. The predicted molar refractivity (Wildman–Crippen MR) is 128 cm³/mol. The molecule has 0 spiro atoms. The molecule has 0 bridgehead atoms. The molecule has 0 aliphatic carbocycles. The smallest absolute Gasteiger partial charge is 0.262 e. The van der Waals surface area contributed by atoms with E-state index >= 15 is 0 Å². The number of carbonyl (C=O) groups is 2. The van der Waals surface area contributed by atoms with Crippen LogP contribution in [0.5, 0.6) is 0 Å². The number of aryl methyl sites for hydroxylation is 1. The average molecular weight is 508 g/mol. The molecule has 2 aromatic rings. The van der Waals surface area contributed by atoms with E-state index in [-0.39, 0.29) is 43.0 Å². The van der Waals surface area contributed by atoms with Crippen molar-refractivity contribution in [2.45, 2.75) is 23.9 Å². The van der Waals surface area contributed by atoms with E-state index in [1.54, 1.807) is 23.6 Å². The van der Waals surface area contributed by atoms with Crippen LogP contribution in [0.1, 0.15) is 24.4 Å². The number of rotatable bonds is 8. The largest absolute Gasteiger partial charge is 0.382 e. The summed E-state index contributed by atoms with van der Waals surface area (Å²) in [5.41, 5.74) is 0.709. The molecule has 2 amide bonds. The van der Waals surface area contributed by atoms with Gasteiger partial charge < -0.3 is 24.3 Å². The number of sulfonamides is 1. The molecule has 1 fully saturated rings. The summed E-state index contributed by atoms with van der Waals surface area (Å²) in [5, 5.41) is 2.73. The topological polar surface area (TPSA) is 123 Å². The van der Waals surface area contributed by atoms with E-state index in [2.05, 4.69) is 10.3 Å². The van der Waals surface area contributed by atoms with Crippen LogP contribution in [-0.4, -0.2) is 92.1 Å². The van der Waals surface area contributed by atoms with Crippen molar-refractivity contribution in [1.29, 1.82) is 0 Å². The number of nitrogens with one attached hydrogen (secondary N) is 1. The summed E-state index contributed by atoms with van der Waals surface area (Å²) < 4.78 is 40.5. The monoisotopic (exact) mass is 507 g/mol. The van der Waals surface area contributed by atoms with Gasteiger partial charge in [-0.3, -0.25) is 9.59 Å². The number of nitrogens with zero attached hydrogens (tertiary/aromatic N) is 4. The zero-order valence-corrected chi connectivity index (χ0v) is 20.9. The molecule has 35 heavy (non-hydrogen) atoms. The number of methoxy groups -OCH3 is 1. The number of amides is 2. The maximum absolute atomic E-state index is 13.7. The Morgan fingerprint density at radius 1 is 1.17 bits per heavy atom. The molecule has 12 heteroatoms. The summed E-state index contributed by atoms with van der Waals surface area (Å²) in [6.07, 6.45) is 3.20. The van der Waals surface area contributed by atoms with Crippen LogP contribution in [-0.2, 0) is 36.1 Å². The highest BCUT2D eigenvalue weighted by molar-refractivity contribution is 7.89. The number of carbonyl (C=O) groups excluding carboxylic acids is 2. The second-order valence-electron chi connectivity index (χ2n) is 8.25. The number of ether oxygens (including phenoxy) is 2. The van der Waals surface area contributed by atoms with E-state index in [4.69, 9.17) is 9.47 Å². The molecule has 0 saturated carbocycles. The van der Waals surface area contributed by atoms with Crippen LogP contribution in [0.25, 0.3) is 0 Å². The van der Waals surface area contributed by atoms with Crippen LogP contribution >= 0.6 is 0 Å². The van der Waals surface area contributed by atoms with Crippen molar-refractivity contribution in [2.75, 3.05) is 53.1 Å². The quantitative estimate of drug-likeness (QED) is 0.518. The molecule has 1 aliphatic rings. The lowest BCUT2D eigenvalue weighted by Crippen LogP contribution is -2.41. The van der Waals surface area contributed by atoms with Gasteiger partial charge in [0.05, 0.1) is 25.6 Å². The molecule has 1 aliphatic heterocycles. The summed E-state index contributed by atoms with van der Waals surface area (Å²) >= 11 is 0. The van der Waals surface area contributed by atoms with Crippen molar-refractivity contribution in [1.82, 2.24) is 24.1 Å². The van der Waals surface area contributed by atoms with Crippen LogP contribution in [0.2, 0.25) is 0 Å². The average Bonchev–Trinajstić information content (AvgIpc) is 3.28. The van der Waals surface area contributed by atoms with Gasteiger partial charge in [0, 0.05) is 53.0 Å². The lowest BCUT2D eigenvalue weighted by Gasteiger charge is -2.30. The Labute approximate surface area is 206 Å². The summed E-state index contributed by atoms with van der Waals surface area (Å²) in [6.45, 7) is 1.56. The SMILES string of the molecule is COCCOCC(=O)N1CCCN(S(=O)(=O)c2cn(C)cn2)C(c2ccccc2)CC(=O)NCC1. The van der Waals surface area contributed by atoms with Crippen LogP contribution in [0.3, 0.4) is 0 Å². The van der Waals surface area contributed by atoms with Gasteiger partial charge in [0.25, 0.3) is 10.0 Å². The van der Waals surface area contributed by atoms with Crippen LogP contribution in [0, 0.1) is 0 Å². The molecule has 1 aromatic carbocycles. The lowest BCUT2D eigenvalue weighted by molar-refractivity contribution is -0.137. The standard InChI is InChI=1S/C23H33N5O6S/c1-26-16-22(25-18-26)35(31,32)28-11-6-10-27(23(30)17-34-14-13-33-2)12-9-24-21(29)15-20(28)19-7-4-3-5-8-19/h3-5,7-8,16,18,20H,6,9-15,17H2,1-2H3,(H,24,29). The Hall–Kier alpha value is -2.80. The molecular weight excluding hydrogens is 474 g/mol. The zero-order chi connectivity index (χ0) is 25.3. The van der Waals surface area contributed by atoms with E-state index in [0.29, 0.717) is 38.3 Å². The molecular formula is C23H33N5O6S. The minimum atomic E-state index is -4.02. The minimum Gasteiger partial charge on any atom is -0.382 e. The van der Waals surface area contributed by atoms with Crippen molar-refractivity contribution in [2.24, 2.45) is 7.05 Å². The molecule has 11 nitrogen and oxygen atoms in total. The fourth-order valence-electron chi connectivity index (χ4n) is 3.90. The third kappa shape index (κ3) is 7.34. The lowest BCUT2D eigenvalue weighted by atomic mass is 10.0. The Morgan fingerprint density at radius 3 is 2.63 bits per heavy atom. The van der Waals surface area contributed by atoms with E-state index in [9.17, 15) is 18.0 Å². The summed E-state index contributed by atoms with van der Waals surface area (Å²) in [7, 11) is -0.776. The first-order chi connectivity index (χ1) is 16.8. The summed E-state index contributed by atoms with van der Waals surface area (Å²) in [5.74, 6) is -0.529. The Morgan fingerprint density at radius 2 is 1.94 bits per heavy atom. The van der Waals surface area contributed by atoms with E-state index in [0.717, 1.165) is 0 Å². The van der Waals surface area contributed by atoms with Gasteiger partial charge in [0.2, 0.25) is 11.8 Å². The molecule has 1 aromatic heterocycles. The van der Waals surface area contributed by atoms with E-state index < -0.39 is 16.1 Å². The molecule has 1 N–H and O–H groups in total. The van der Waals surface area contributed by atoms with Gasteiger partial charge in [-0.2, -0.15) is 4.31 Å². The molecule has 1 unspecified atom stereocenters. The number of imidazole rings is 1. The third-order valence-electron chi connectivity index (χ3n) is 5.69. The third-order valence-corrected chi connectivity index (χ3v) is 7.48. The highest BCUT2D eigenvalue weighted by Crippen LogP contribution is 2.30. The van der Waals surface area contributed by atoms with Crippen molar-refractivity contribution in [3.8, 4) is 0 Å². The first-order valence-corrected chi connectivity index (χ1v) is 12.9. The van der Waals surface area contributed by atoms with Crippen molar-refractivity contribution < 1.29 is 27.5 Å². The van der Waals surface area contributed by atoms with Crippen molar-refractivity contribution >= 4 is 21.8 Å².